The molecular weight excluding hydrogens is 210 g/mol. The molecule has 0 unspecified atom stereocenters. The summed E-state index contributed by atoms with van der Waals surface area (Å²) >= 11 is 0. The van der Waals surface area contributed by atoms with Crippen molar-refractivity contribution in [1.29, 1.82) is 0 Å². The van der Waals surface area contributed by atoms with E-state index in [1.165, 1.54) is 31.2 Å². The number of hydrogen-bond donors (Lipinski definition) is 1. The molecule has 2 heteroatoms. The van der Waals surface area contributed by atoms with Gasteiger partial charge in [-0.1, -0.05) is 37.8 Å². The summed E-state index contributed by atoms with van der Waals surface area (Å²) in [6, 6.07) is 7.83. The van der Waals surface area contributed by atoms with E-state index in [2.05, 4.69) is 0 Å². The van der Waals surface area contributed by atoms with Gasteiger partial charge in [0.1, 0.15) is 5.78 Å². The van der Waals surface area contributed by atoms with Crippen LogP contribution in [0.3, 0.4) is 0 Å². The van der Waals surface area contributed by atoms with Crippen molar-refractivity contribution in [2.45, 2.75) is 44.9 Å². The average Bonchev–Trinajstić information content (AvgIpc) is 2.79. The minimum atomic E-state index is 0.416. The van der Waals surface area contributed by atoms with Gasteiger partial charge in [-0.15, -0.1) is 0 Å². The molecule has 0 aliphatic heterocycles. The van der Waals surface area contributed by atoms with E-state index in [-0.39, 0.29) is 0 Å². The summed E-state index contributed by atoms with van der Waals surface area (Å²) in [4.78, 5) is 11.8. The van der Waals surface area contributed by atoms with Crippen molar-refractivity contribution in [2.75, 3.05) is 5.73 Å². The molecule has 0 bridgehead atoms. The Hall–Kier alpha value is -1.31. The summed E-state index contributed by atoms with van der Waals surface area (Å²) < 4.78 is 0. The van der Waals surface area contributed by atoms with E-state index in [0.29, 0.717) is 18.1 Å². The molecule has 17 heavy (non-hydrogen) atoms. The predicted molar refractivity (Wildman–Crippen MR) is 70.8 cm³/mol. The first kappa shape index (κ1) is 12.2. The highest BCUT2D eigenvalue weighted by Crippen LogP contribution is 2.28. The van der Waals surface area contributed by atoms with E-state index in [1.807, 2.05) is 24.3 Å². The van der Waals surface area contributed by atoms with E-state index < -0.39 is 0 Å². The Balaban J connectivity index is 1.75. The molecule has 0 atom stereocenters. The van der Waals surface area contributed by atoms with Gasteiger partial charge in [0.25, 0.3) is 0 Å². The molecule has 1 aromatic rings. The number of rotatable bonds is 5. The Morgan fingerprint density at radius 2 is 2.06 bits per heavy atom. The first-order valence-electron chi connectivity index (χ1n) is 6.60. The van der Waals surface area contributed by atoms with Gasteiger partial charge in [0.15, 0.2) is 0 Å². The van der Waals surface area contributed by atoms with Gasteiger partial charge < -0.3 is 5.73 Å². The van der Waals surface area contributed by atoms with Crippen LogP contribution < -0.4 is 5.73 Å². The van der Waals surface area contributed by atoms with E-state index in [0.717, 1.165) is 18.5 Å². The molecule has 2 nitrogen and oxygen atoms in total. The molecule has 2 rings (SSSR count). The van der Waals surface area contributed by atoms with Crippen LogP contribution in [0.15, 0.2) is 24.3 Å². The number of nitrogen functional groups attached to an aromatic ring is 1. The molecule has 1 fully saturated rings. The normalized spacial score (nSPS) is 16.2. The van der Waals surface area contributed by atoms with Crippen LogP contribution in [0.4, 0.5) is 5.69 Å². The first-order chi connectivity index (χ1) is 8.24. The highest BCUT2D eigenvalue weighted by molar-refractivity contribution is 5.78. The topological polar surface area (TPSA) is 43.1 Å². The van der Waals surface area contributed by atoms with E-state index >= 15 is 0 Å². The van der Waals surface area contributed by atoms with Gasteiger partial charge in [-0.05, 0) is 30.0 Å². The minimum Gasteiger partial charge on any atom is -0.399 e. The van der Waals surface area contributed by atoms with Crippen LogP contribution in [0.2, 0.25) is 0 Å². The minimum absolute atomic E-state index is 0.416. The highest BCUT2D eigenvalue weighted by Gasteiger charge is 2.17. The lowest BCUT2D eigenvalue weighted by Crippen LogP contribution is -2.06. The quantitative estimate of drug-likeness (QED) is 0.790. The van der Waals surface area contributed by atoms with E-state index in [4.69, 9.17) is 5.73 Å². The maximum Gasteiger partial charge on any atom is 0.133 e. The third kappa shape index (κ3) is 3.88. The van der Waals surface area contributed by atoms with Crippen molar-refractivity contribution in [1.82, 2.24) is 0 Å². The largest absolute Gasteiger partial charge is 0.399 e. The summed E-state index contributed by atoms with van der Waals surface area (Å²) in [6.45, 7) is 0. The lowest BCUT2D eigenvalue weighted by Gasteiger charge is -2.07. The monoisotopic (exact) mass is 231 g/mol. The fourth-order valence-electron chi connectivity index (χ4n) is 2.67. The molecule has 0 heterocycles. The first-order valence-corrected chi connectivity index (χ1v) is 6.60. The number of ketones is 1. The van der Waals surface area contributed by atoms with Crippen LogP contribution in [0.5, 0.6) is 0 Å². The van der Waals surface area contributed by atoms with Crippen LogP contribution in [-0.2, 0) is 11.2 Å². The molecular formula is C15H21NO. The molecule has 1 aliphatic rings. The second kappa shape index (κ2) is 5.85. The van der Waals surface area contributed by atoms with Crippen molar-refractivity contribution in [3.05, 3.63) is 29.8 Å². The summed E-state index contributed by atoms with van der Waals surface area (Å²) in [7, 11) is 0. The zero-order valence-electron chi connectivity index (χ0n) is 10.3. The zero-order valence-corrected chi connectivity index (χ0v) is 10.3. The fraction of sp³-hybridized carbons (Fsp3) is 0.533. The number of aryl methyl sites for hydroxylation is 1. The third-order valence-electron chi connectivity index (χ3n) is 3.63. The zero-order chi connectivity index (χ0) is 12.1. The summed E-state index contributed by atoms with van der Waals surface area (Å²) in [5, 5.41) is 0. The fourth-order valence-corrected chi connectivity index (χ4v) is 2.67. The van der Waals surface area contributed by atoms with Gasteiger partial charge in [-0.2, -0.15) is 0 Å². The van der Waals surface area contributed by atoms with Gasteiger partial charge >= 0.3 is 0 Å². The van der Waals surface area contributed by atoms with Crippen molar-refractivity contribution in [2.24, 2.45) is 5.92 Å². The van der Waals surface area contributed by atoms with Crippen molar-refractivity contribution in [3.63, 3.8) is 0 Å². The predicted octanol–water partition coefficient (Wildman–Crippen LogP) is 3.35. The number of nitrogens with two attached hydrogens (primary N) is 1. The molecule has 0 amide bonds. The number of hydrogen-bond acceptors (Lipinski definition) is 2. The lowest BCUT2D eigenvalue weighted by atomic mass is 9.97. The molecule has 2 N–H and O–H groups in total. The Morgan fingerprint density at radius 3 is 2.76 bits per heavy atom. The van der Waals surface area contributed by atoms with Crippen molar-refractivity contribution >= 4 is 11.5 Å². The van der Waals surface area contributed by atoms with Gasteiger partial charge in [0.05, 0.1) is 0 Å². The van der Waals surface area contributed by atoms with Crippen molar-refractivity contribution < 1.29 is 4.79 Å². The molecule has 1 saturated carbocycles. The SMILES string of the molecule is Nc1cccc(CCC(=O)CC2CCCC2)c1. The Labute approximate surface area is 103 Å². The van der Waals surface area contributed by atoms with Gasteiger partial charge in [0, 0.05) is 18.5 Å². The molecule has 0 radical (unpaired) electrons. The number of carbonyl (C=O) groups excluding carboxylic acids is 1. The number of benzene rings is 1. The molecule has 0 saturated heterocycles. The maximum absolute atomic E-state index is 11.8. The summed E-state index contributed by atoms with van der Waals surface area (Å²) in [5.74, 6) is 1.09. The lowest BCUT2D eigenvalue weighted by molar-refractivity contribution is -0.119. The molecule has 0 aromatic heterocycles. The molecule has 1 aliphatic carbocycles. The van der Waals surface area contributed by atoms with Crippen LogP contribution in [0.1, 0.15) is 44.1 Å². The molecule has 1 aromatic carbocycles. The second-order valence-electron chi connectivity index (χ2n) is 5.14. The van der Waals surface area contributed by atoms with Crippen LogP contribution >= 0.6 is 0 Å². The average molecular weight is 231 g/mol. The Kier molecular flexibility index (Phi) is 4.18. The number of Topliss-reactive ketones (excluding diaryl/α,β-unsaturated/α-hetero) is 1. The van der Waals surface area contributed by atoms with Crippen LogP contribution in [0, 0.1) is 5.92 Å². The smallest absolute Gasteiger partial charge is 0.133 e. The van der Waals surface area contributed by atoms with Crippen LogP contribution in [-0.4, -0.2) is 5.78 Å². The van der Waals surface area contributed by atoms with Crippen LogP contribution in [0.25, 0.3) is 0 Å². The standard InChI is InChI=1S/C15H21NO/c16-14-7-3-6-13(10-14)8-9-15(17)11-12-4-1-2-5-12/h3,6-7,10,12H,1-2,4-5,8-9,11,16H2. The van der Waals surface area contributed by atoms with Gasteiger partial charge in [-0.3, -0.25) is 4.79 Å². The van der Waals surface area contributed by atoms with E-state index in [9.17, 15) is 4.79 Å². The molecule has 0 spiro atoms. The Bertz CT molecular complexity index is 380. The third-order valence-corrected chi connectivity index (χ3v) is 3.63. The van der Waals surface area contributed by atoms with Crippen molar-refractivity contribution in [3.8, 4) is 0 Å². The van der Waals surface area contributed by atoms with E-state index in [1.54, 1.807) is 0 Å². The molecule has 92 valence electrons. The maximum atomic E-state index is 11.8. The Morgan fingerprint density at radius 1 is 1.29 bits per heavy atom. The number of anilines is 1. The summed E-state index contributed by atoms with van der Waals surface area (Å²) in [5.41, 5.74) is 7.67. The van der Waals surface area contributed by atoms with Gasteiger partial charge in [0.2, 0.25) is 0 Å². The summed E-state index contributed by atoms with van der Waals surface area (Å²) in [6.07, 6.45) is 7.42. The van der Waals surface area contributed by atoms with Gasteiger partial charge in [-0.25, -0.2) is 0 Å². The highest BCUT2D eigenvalue weighted by atomic mass is 16.1. The number of carbonyl (C=O) groups is 1. The second-order valence-corrected chi connectivity index (χ2v) is 5.14.